The molecule has 0 aliphatic carbocycles. The highest BCUT2D eigenvalue weighted by atomic mass is 35.5. The molecule has 0 spiro atoms. The number of amides is 1. The van der Waals surface area contributed by atoms with Crippen LogP contribution < -0.4 is 9.54 Å². The van der Waals surface area contributed by atoms with E-state index in [2.05, 4.69) is 17.1 Å². The lowest BCUT2D eigenvalue weighted by molar-refractivity contribution is 0.0998. The van der Waals surface area contributed by atoms with Crippen LogP contribution in [0.4, 0.5) is 0 Å². The molecule has 0 aliphatic rings. The average molecular weight is 435 g/mol. The van der Waals surface area contributed by atoms with Gasteiger partial charge in [-0.1, -0.05) is 59.3 Å². The number of ether oxygens (including phenoxy) is 1. The van der Waals surface area contributed by atoms with Crippen LogP contribution in [0.2, 0.25) is 5.02 Å². The SMILES string of the molecule is COc1ccc(-c2c(-c3ccccc3)sc(=NC(=O)c3cccc(Cl)c3)n2C)cc1. The van der Waals surface area contributed by atoms with E-state index in [9.17, 15) is 4.79 Å². The first-order valence-corrected chi connectivity index (χ1v) is 10.5. The molecule has 0 radical (unpaired) electrons. The molecular weight excluding hydrogens is 416 g/mol. The highest BCUT2D eigenvalue weighted by Gasteiger charge is 2.16. The summed E-state index contributed by atoms with van der Waals surface area (Å²) in [7, 11) is 3.57. The van der Waals surface area contributed by atoms with Crippen molar-refractivity contribution in [2.24, 2.45) is 12.0 Å². The minimum absolute atomic E-state index is 0.324. The van der Waals surface area contributed by atoms with Crippen molar-refractivity contribution in [2.45, 2.75) is 0 Å². The largest absolute Gasteiger partial charge is 0.497 e. The molecule has 4 rings (SSSR count). The molecule has 4 nitrogen and oxygen atoms in total. The molecule has 3 aromatic carbocycles. The highest BCUT2D eigenvalue weighted by molar-refractivity contribution is 7.13. The zero-order valence-electron chi connectivity index (χ0n) is 16.5. The number of carbonyl (C=O) groups excluding carboxylic acids is 1. The number of hydrogen-bond acceptors (Lipinski definition) is 3. The maximum atomic E-state index is 12.7. The van der Waals surface area contributed by atoms with E-state index in [0.717, 1.165) is 27.4 Å². The summed E-state index contributed by atoms with van der Waals surface area (Å²) < 4.78 is 7.24. The molecule has 6 heteroatoms. The second-order valence-corrected chi connectivity index (χ2v) is 8.06. The first kappa shape index (κ1) is 20.1. The lowest BCUT2D eigenvalue weighted by Gasteiger charge is -2.08. The molecule has 1 heterocycles. The van der Waals surface area contributed by atoms with Gasteiger partial charge in [0.25, 0.3) is 5.91 Å². The van der Waals surface area contributed by atoms with Crippen molar-refractivity contribution in [3.8, 4) is 27.4 Å². The fraction of sp³-hybridized carbons (Fsp3) is 0.0833. The minimum atomic E-state index is -0.324. The van der Waals surface area contributed by atoms with Crippen LogP contribution in [0.1, 0.15) is 10.4 Å². The smallest absolute Gasteiger partial charge is 0.279 e. The monoisotopic (exact) mass is 434 g/mol. The van der Waals surface area contributed by atoms with Crippen LogP contribution in [0.3, 0.4) is 0 Å². The van der Waals surface area contributed by atoms with Gasteiger partial charge in [0.2, 0.25) is 0 Å². The Bertz CT molecular complexity index is 1260. The van der Waals surface area contributed by atoms with Crippen molar-refractivity contribution < 1.29 is 9.53 Å². The van der Waals surface area contributed by atoms with Crippen LogP contribution in [0.5, 0.6) is 5.75 Å². The lowest BCUT2D eigenvalue weighted by atomic mass is 10.1. The zero-order valence-corrected chi connectivity index (χ0v) is 18.1. The van der Waals surface area contributed by atoms with Crippen molar-refractivity contribution in [2.75, 3.05) is 7.11 Å². The summed E-state index contributed by atoms with van der Waals surface area (Å²) in [5.74, 6) is 0.467. The molecule has 0 atom stereocenters. The summed E-state index contributed by atoms with van der Waals surface area (Å²) in [6.07, 6.45) is 0. The van der Waals surface area contributed by atoms with E-state index in [1.165, 1.54) is 11.3 Å². The number of aromatic nitrogens is 1. The van der Waals surface area contributed by atoms with Gasteiger partial charge in [-0.3, -0.25) is 4.79 Å². The quantitative estimate of drug-likeness (QED) is 0.406. The third-order valence-electron chi connectivity index (χ3n) is 4.70. The van der Waals surface area contributed by atoms with Gasteiger partial charge < -0.3 is 9.30 Å². The molecule has 1 amide bonds. The van der Waals surface area contributed by atoms with E-state index >= 15 is 0 Å². The second kappa shape index (κ2) is 8.69. The fourth-order valence-corrected chi connectivity index (χ4v) is 4.52. The molecule has 150 valence electrons. The Kier molecular flexibility index (Phi) is 5.84. The van der Waals surface area contributed by atoms with E-state index < -0.39 is 0 Å². The van der Waals surface area contributed by atoms with Crippen molar-refractivity contribution in [1.29, 1.82) is 0 Å². The van der Waals surface area contributed by atoms with Crippen molar-refractivity contribution in [1.82, 2.24) is 4.57 Å². The van der Waals surface area contributed by atoms with Gasteiger partial charge in [0.05, 0.1) is 17.7 Å². The predicted octanol–water partition coefficient (Wildman–Crippen LogP) is 5.82. The fourth-order valence-electron chi connectivity index (χ4n) is 3.19. The molecule has 0 bridgehead atoms. The van der Waals surface area contributed by atoms with Gasteiger partial charge in [-0.25, -0.2) is 0 Å². The number of carbonyl (C=O) groups is 1. The number of hydrogen-bond donors (Lipinski definition) is 0. The highest BCUT2D eigenvalue weighted by Crippen LogP contribution is 2.34. The Balaban J connectivity index is 1.88. The van der Waals surface area contributed by atoms with E-state index in [1.54, 1.807) is 31.4 Å². The second-order valence-electron chi connectivity index (χ2n) is 6.64. The zero-order chi connectivity index (χ0) is 21.1. The summed E-state index contributed by atoms with van der Waals surface area (Å²) in [6.45, 7) is 0. The Hall–Kier alpha value is -3.15. The standard InChI is InChI=1S/C24H19ClN2O2S/c1-27-21(16-11-13-20(29-2)14-12-16)22(17-7-4-3-5-8-17)30-24(27)26-23(28)18-9-6-10-19(25)15-18/h3-15H,1-2H3. The van der Waals surface area contributed by atoms with Gasteiger partial charge in [-0.15, -0.1) is 0 Å². The van der Waals surface area contributed by atoms with Gasteiger partial charge >= 0.3 is 0 Å². The number of rotatable bonds is 4. The van der Waals surface area contributed by atoms with E-state index in [-0.39, 0.29) is 5.91 Å². The van der Waals surface area contributed by atoms with Crippen LogP contribution in [0.25, 0.3) is 21.7 Å². The molecular formula is C24H19ClN2O2S. The number of benzene rings is 3. The van der Waals surface area contributed by atoms with E-state index in [1.807, 2.05) is 54.1 Å². The summed E-state index contributed by atoms with van der Waals surface area (Å²) in [5.41, 5.74) is 3.54. The van der Waals surface area contributed by atoms with Gasteiger partial charge in [-0.05, 0) is 53.6 Å². The number of thiazole rings is 1. The normalized spacial score (nSPS) is 11.5. The number of halogens is 1. The first-order valence-electron chi connectivity index (χ1n) is 9.31. The molecule has 0 fully saturated rings. The molecule has 0 N–H and O–H groups in total. The average Bonchev–Trinajstić information content (AvgIpc) is 3.10. The van der Waals surface area contributed by atoms with Gasteiger partial charge in [0.15, 0.2) is 4.80 Å². The third kappa shape index (κ3) is 4.08. The molecule has 0 unspecified atom stereocenters. The number of nitrogens with zero attached hydrogens (tertiary/aromatic N) is 2. The van der Waals surface area contributed by atoms with Gasteiger partial charge in [-0.2, -0.15) is 4.99 Å². The topological polar surface area (TPSA) is 43.6 Å². The Labute approximate surface area is 183 Å². The molecule has 0 saturated heterocycles. The maximum Gasteiger partial charge on any atom is 0.279 e. The van der Waals surface area contributed by atoms with Crippen LogP contribution in [0.15, 0.2) is 83.9 Å². The summed E-state index contributed by atoms with van der Waals surface area (Å²) in [6, 6.07) is 24.8. The van der Waals surface area contributed by atoms with E-state index in [4.69, 9.17) is 16.3 Å². The van der Waals surface area contributed by atoms with Crippen molar-refractivity contribution in [3.05, 3.63) is 94.3 Å². The van der Waals surface area contributed by atoms with Crippen molar-refractivity contribution >= 4 is 28.8 Å². The molecule has 4 aromatic rings. The van der Waals surface area contributed by atoms with Crippen molar-refractivity contribution in [3.63, 3.8) is 0 Å². The van der Waals surface area contributed by atoms with Crippen LogP contribution >= 0.6 is 22.9 Å². The van der Waals surface area contributed by atoms with Gasteiger partial charge in [0, 0.05) is 17.6 Å². The predicted molar refractivity (Wildman–Crippen MR) is 122 cm³/mol. The third-order valence-corrected chi connectivity index (χ3v) is 6.11. The first-order chi connectivity index (χ1) is 14.6. The lowest BCUT2D eigenvalue weighted by Crippen LogP contribution is -2.14. The van der Waals surface area contributed by atoms with E-state index in [0.29, 0.717) is 15.4 Å². The number of methoxy groups -OCH3 is 1. The van der Waals surface area contributed by atoms with Crippen LogP contribution in [0, 0.1) is 0 Å². The summed E-state index contributed by atoms with van der Waals surface area (Å²) in [5, 5.41) is 0.510. The molecule has 0 saturated carbocycles. The summed E-state index contributed by atoms with van der Waals surface area (Å²) in [4.78, 5) is 18.8. The Morgan fingerprint density at radius 3 is 2.37 bits per heavy atom. The Morgan fingerprint density at radius 2 is 1.70 bits per heavy atom. The van der Waals surface area contributed by atoms with Crippen LogP contribution in [-0.2, 0) is 7.05 Å². The maximum absolute atomic E-state index is 12.7. The van der Waals surface area contributed by atoms with Crippen LogP contribution in [-0.4, -0.2) is 17.6 Å². The molecule has 30 heavy (non-hydrogen) atoms. The molecule has 1 aromatic heterocycles. The Morgan fingerprint density at radius 1 is 0.967 bits per heavy atom. The summed E-state index contributed by atoms with van der Waals surface area (Å²) >= 11 is 7.51. The molecule has 0 aliphatic heterocycles. The minimum Gasteiger partial charge on any atom is -0.497 e. The van der Waals surface area contributed by atoms with Gasteiger partial charge in [0.1, 0.15) is 5.75 Å².